The number of carbonyl (C=O) groups excluding carboxylic acids is 1. The van der Waals surface area contributed by atoms with E-state index in [1.54, 1.807) is 0 Å². The quantitative estimate of drug-likeness (QED) is 0.421. The molecule has 17 heavy (non-hydrogen) atoms. The van der Waals surface area contributed by atoms with Gasteiger partial charge in [0.05, 0.1) is 12.0 Å². The minimum Gasteiger partial charge on any atom is -0.475 e. The fourth-order valence-electron chi connectivity index (χ4n) is 1.14. The SMILES string of the molecule is COc1nn(CC(=O)NCCS)cc1[N+](=O)[O-]. The molecule has 0 aliphatic rings. The summed E-state index contributed by atoms with van der Waals surface area (Å²) in [5.74, 6) is 0.116. The molecular weight excluding hydrogens is 248 g/mol. The fourth-order valence-corrected chi connectivity index (χ4v) is 1.25. The van der Waals surface area contributed by atoms with Crippen LogP contribution in [0.5, 0.6) is 5.88 Å². The molecule has 1 aromatic rings. The number of amides is 1. The molecule has 0 saturated heterocycles. The van der Waals surface area contributed by atoms with Crippen molar-refractivity contribution < 1.29 is 14.5 Å². The molecule has 0 fully saturated rings. The van der Waals surface area contributed by atoms with Crippen LogP contribution in [-0.2, 0) is 11.3 Å². The number of hydrogen-bond donors (Lipinski definition) is 2. The third-order valence-electron chi connectivity index (χ3n) is 1.84. The minimum atomic E-state index is -0.617. The van der Waals surface area contributed by atoms with E-state index in [0.717, 1.165) is 10.9 Å². The van der Waals surface area contributed by atoms with E-state index in [1.807, 2.05) is 0 Å². The van der Waals surface area contributed by atoms with Gasteiger partial charge in [-0.1, -0.05) is 0 Å². The fraction of sp³-hybridized carbons (Fsp3) is 0.500. The molecule has 0 spiro atoms. The normalized spacial score (nSPS) is 10.0. The summed E-state index contributed by atoms with van der Waals surface area (Å²) in [4.78, 5) is 21.3. The van der Waals surface area contributed by atoms with Crippen molar-refractivity contribution in [3.8, 4) is 5.88 Å². The maximum Gasteiger partial charge on any atom is 0.350 e. The zero-order valence-electron chi connectivity index (χ0n) is 9.12. The number of nitrogens with one attached hydrogen (secondary N) is 1. The second kappa shape index (κ2) is 6.09. The van der Waals surface area contributed by atoms with E-state index < -0.39 is 4.92 Å². The van der Waals surface area contributed by atoms with Gasteiger partial charge in [-0.25, -0.2) is 0 Å². The highest BCUT2D eigenvalue weighted by Crippen LogP contribution is 2.23. The lowest BCUT2D eigenvalue weighted by Crippen LogP contribution is -2.29. The van der Waals surface area contributed by atoms with Gasteiger partial charge < -0.3 is 10.1 Å². The van der Waals surface area contributed by atoms with Crippen LogP contribution < -0.4 is 10.1 Å². The average Bonchev–Trinajstić information content (AvgIpc) is 2.69. The van der Waals surface area contributed by atoms with E-state index in [2.05, 4.69) is 23.0 Å². The molecule has 0 saturated carbocycles. The molecule has 1 amide bonds. The van der Waals surface area contributed by atoms with Gasteiger partial charge in [-0.2, -0.15) is 12.6 Å². The number of carbonyl (C=O) groups is 1. The Morgan fingerprint density at radius 3 is 2.94 bits per heavy atom. The van der Waals surface area contributed by atoms with Crippen LogP contribution in [-0.4, -0.2) is 40.0 Å². The number of ether oxygens (including phenoxy) is 1. The zero-order chi connectivity index (χ0) is 12.8. The molecule has 1 rings (SSSR count). The number of aromatic nitrogens is 2. The van der Waals surface area contributed by atoms with Gasteiger partial charge in [0.25, 0.3) is 0 Å². The summed E-state index contributed by atoms with van der Waals surface area (Å²) in [5.41, 5.74) is -0.269. The van der Waals surface area contributed by atoms with Crippen molar-refractivity contribution in [1.29, 1.82) is 0 Å². The first-order chi connectivity index (χ1) is 8.08. The third kappa shape index (κ3) is 3.63. The molecule has 0 bridgehead atoms. The predicted molar refractivity (Wildman–Crippen MR) is 62.3 cm³/mol. The molecule has 1 N–H and O–H groups in total. The molecule has 0 aliphatic carbocycles. The maximum atomic E-state index is 11.3. The maximum absolute atomic E-state index is 11.3. The lowest BCUT2D eigenvalue weighted by atomic mass is 10.5. The van der Waals surface area contributed by atoms with Crippen LogP contribution in [0.2, 0.25) is 0 Å². The molecule has 0 aromatic carbocycles. The monoisotopic (exact) mass is 260 g/mol. The van der Waals surface area contributed by atoms with Crippen LogP contribution in [0, 0.1) is 10.1 Å². The van der Waals surface area contributed by atoms with Gasteiger partial charge in [-0.05, 0) is 0 Å². The van der Waals surface area contributed by atoms with Crippen molar-refractivity contribution in [2.45, 2.75) is 6.54 Å². The van der Waals surface area contributed by atoms with Crippen LogP contribution in [0.1, 0.15) is 0 Å². The number of methoxy groups -OCH3 is 1. The van der Waals surface area contributed by atoms with E-state index in [1.165, 1.54) is 7.11 Å². The van der Waals surface area contributed by atoms with Gasteiger partial charge in [-0.15, -0.1) is 5.10 Å². The number of nitrogens with zero attached hydrogens (tertiary/aromatic N) is 3. The second-order valence-electron chi connectivity index (χ2n) is 3.05. The van der Waals surface area contributed by atoms with E-state index in [4.69, 9.17) is 4.74 Å². The van der Waals surface area contributed by atoms with Crippen molar-refractivity contribution in [2.75, 3.05) is 19.4 Å². The Hall–Kier alpha value is -1.77. The summed E-state index contributed by atoms with van der Waals surface area (Å²) in [5, 5.41) is 17.0. The van der Waals surface area contributed by atoms with Crippen molar-refractivity contribution >= 4 is 24.2 Å². The predicted octanol–water partition coefficient (Wildman–Crippen LogP) is -0.154. The van der Waals surface area contributed by atoms with Crippen molar-refractivity contribution in [3.05, 3.63) is 16.3 Å². The molecule has 94 valence electrons. The summed E-state index contributed by atoms with van der Waals surface area (Å²) >= 11 is 3.94. The lowest BCUT2D eigenvalue weighted by molar-refractivity contribution is -0.385. The Bertz CT molecular complexity index is 420. The van der Waals surface area contributed by atoms with Crippen molar-refractivity contribution in [1.82, 2.24) is 15.1 Å². The summed E-state index contributed by atoms with van der Waals surface area (Å²) < 4.78 is 5.89. The van der Waals surface area contributed by atoms with Gasteiger partial charge >= 0.3 is 11.6 Å². The van der Waals surface area contributed by atoms with E-state index in [0.29, 0.717) is 12.3 Å². The molecule has 0 aliphatic heterocycles. The van der Waals surface area contributed by atoms with Crippen LogP contribution in [0.3, 0.4) is 0 Å². The van der Waals surface area contributed by atoms with Crippen LogP contribution in [0.4, 0.5) is 5.69 Å². The average molecular weight is 260 g/mol. The summed E-state index contributed by atoms with van der Waals surface area (Å²) in [6.07, 6.45) is 1.15. The number of nitro groups is 1. The molecule has 8 nitrogen and oxygen atoms in total. The first kappa shape index (κ1) is 13.3. The Balaban J connectivity index is 2.72. The highest BCUT2D eigenvalue weighted by molar-refractivity contribution is 7.80. The molecule has 0 unspecified atom stereocenters. The molecule has 1 heterocycles. The number of thiol groups is 1. The standard InChI is InChI=1S/C8H12N4O4S/c1-16-8-6(12(14)15)4-11(10-8)5-7(13)9-2-3-17/h4,17H,2-3,5H2,1H3,(H,9,13). The second-order valence-corrected chi connectivity index (χ2v) is 3.50. The molecule has 9 heteroatoms. The van der Waals surface area contributed by atoms with Crippen LogP contribution in [0.15, 0.2) is 6.20 Å². The van der Waals surface area contributed by atoms with Crippen molar-refractivity contribution in [2.24, 2.45) is 0 Å². The highest BCUT2D eigenvalue weighted by atomic mass is 32.1. The van der Waals surface area contributed by atoms with E-state index >= 15 is 0 Å². The van der Waals surface area contributed by atoms with E-state index in [-0.39, 0.29) is 24.0 Å². The lowest BCUT2D eigenvalue weighted by Gasteiger charge is -2.02. The van der Waals surface area contributed by atoms with Gasteiger partial charge in [0, 0.05) is 12.3 Å². The molecule has 0 radical (unpaired) electrons. The molecule has 1 aromatic heterocycles. The van der Waals surface area contributed by atoms with Gasteiger partial charge in [0.1, 0.15) is 12.7 Å². The smallest absolute Gasteiger partial charge is 0.350 e. The third-order valence-corrected chi connectivity index (χ3v) is 2.06. The van der Waals surface area contributed by atoms with Crippen LogP contribution >= 0.6 is 12.6 Å². The van der Waals surface area contributed by atoms with E-state index in [9.17, 15) is 14.9 Å². The Morgan fingerprint density at radius 1 is 1.76 bits per heavy atom. The van der Waals surface area contributed by atoms with Gasteiger partial charge in [0.15, 0.2) is 0 Å². The zero-order valence-corrected chi connectivity index (χ0v) is 10.0. The van der Waals surface area contributed by atoms with Gasteiger partial charge in [0.2, 0.25) is 5.91 Å². The largest absolute Gasteiger partial charge is 0.475 e. The number of hydrogen-bond acceptors (Lipinski definition) is 6. The topological polar surface area (TPSA) is 99.3 Å². The Morgan fingerprint density at radius 2 is 2.47 bits per heavy atom. The van der Waals surface area contributed by atoms with Crippen molar-refractivity contribution in [3.63, 3.8) is 0 Å². The first-order valence-corrected chi connectivity index (χ1v) is 5.35. The number of rotatable bonds is 6. The summed E-state index contributed by atoms with van der Waals surface area (Å²) in [6.45, 7) is 0.334. The summed E-state index contributed by atoms with van der Waals surface area (Å²) in [7, 11) is 1.28. The minimum absolute atomic E-state index is 0.0992. The molecular formula is C8H12N4O4S. The summed E-state index contributed by atoms with van der Waals surface area (Å²) in [6, 6.07) is 0. The Kier molecular flexibility index (Phi) is 4.76. The van der Waals surface area contributed by atoms with Crippen LogP contribution in [0.25, 0.3) is 0 Å². The first-order valence-electron chi connectivity index (χ1n) is 4.72. The Labute approximate surface area is 102 Å². The molecule has 0 atom stereocenters. The van der Waals surface area contributed by atoms with Gasteiger partial charge in [-0.3, -0.25) is 19.6 Å². The highest BCUT2D eigenvalue weighted by Gasteiger charge is 2.20.